The number of nitrogens with two attached hydrogens (primary N) is 1. The molecule has 1 heterocycles. The van der Waals surface area contributed by atoms with Crippen molar-refractivity contribution >= 4 is 17.4 Å². The predicted octanol–water partition coefficient (Wildman–Crippen LogP) is 3.08. The minimum Gasteiger partial charge on any atom is -0.350 e. The van der Waals surface area contributed by atoms with Crippen LogP contribution in [0.4, 0.5) is 0 Å². The zero-order valence-electron chi connectivity index (χ0n) is 17.4. The van der Waals surface area contributed by atoms with Gasteiger partial charge in [0.05, 0.1) is 0 Å². The summed E-state index contributed by atoms with van der Waals surface area (Å²) in [6.45, 7) is 4.78. The fourth-order valence-electron chi connectivity index (χ4n) is 3.41. The molecular weight excluding hydrogens is 370 g/mol. The van der Waals surface area contributed by atoms with E-state index in [2.05, 4.69) is 24.8 Å². The summed E-state index contributed by atoms with van der Waals surface area (Å²) in [6, 6.07) is 9.41. The van der Waals surface area contributed by atoms with E-state index in [1.165, 1.54) is 0 Å². The van der Waals surface area contributed by atoms with Crippen molar-refractivity contribution < 1.29 is 19.2 Å². The Kier molecular flexibility index (Phi) is 9.83. The molecule has 1 aromatic rings. The summed E-state index contributed by atoms with van der Waals surface area (Å²) in [5.41, 5.74) is 6.08. The summed E-state index contributed by atoms with van der Waals surface area (Å²) in [5.74, 6) is 5.01. The van der Waals surface area contributed by atoms with Crippen molar-refractivity contribution in [1.82, 2.24) is 10.9 Å². The second-order valence-corrected chi connectivity index (χ2v) is 7.74. The van der Waals surface area contributed by atoms with Gasteiger partial charge in [0.1, 0.15) is 0 Å². The molecule has 0 aliphatic carbocycles. The SMILES string of the molecule is CC(C)C[C@H](CCC=C(C(=O)NOC1CCCCO1)c1ccccc1)C(=O)NN. The first-order chi connectivity index (χ1) is 14.0. The minimum absolute atomic E-state index is 0.171. The maximum atomic E-state index is 12.8. The molecule has 0 spiro atoms. The first kappa shape index (κ1) is 23.1. The molecule has 1 fully saturated rings. The number of hydrogen-bond acceptors (Lipinski definition) is 5. The van der Waals surface area contributed by atoms with Crippen molar-refractivity contribution in [3.8, 4) is 0 Å². The topological polar surface area (TPSA) is 103 Å². The molecule has 7 nitrogen and oxygen atoms in total. The van der Waals surface area contributed by atoms with Crippen LogP contribution in [0.5, 0.6) is 0 Å². The van der Waals surface area contributed by atoms with Crippen LogP contribution in [0.3, 0.4) is 0 Å². The molecule has 0 radical (unpaired) electrons. The Labute approximate surface area is 172 Å². The van der Waals surface area contributed by atoms with Crippen LogP contribution < -0.4 is 16.7 Å². The fourth-order valence-corrected chi connectivity index (χ4v) is 3.41. The number of rotatable bonds is 10. The molecule has 29 heavy (non-hydrogen) atoms. The van der Waals surface area contributed by atoms with Crippen LogP contribution in [-0.4, -0.2) is 24.7 Å². The minimum atomic E-state index is -0.409. The number of hydroxylamine groups is 1. The molecule has 0 saturated carbocycles. The lowest BCUT2D eigenvalue weighted by Gasteiger charge is -2.22. The van der Waals surface area contributed by atoms with Crippen LogP contribution in [0.15, 0.2) is 36.4 Å². The number of ether oxygens (including phenoxy) is 1. The summed E-state index contributed by atoms with van der Waals surface area (Å²) in [7, 11) is 0. The zero-order valence-corrected chi connectivity index (χ0v) is 17.4. The largest absolute Gasteiger partial charge is 0.350 e. The third-order valence-electron chi connectivity index (χ3n) is 4.88. The highest BCUT2D eigenvalue weighted by molar-refractivity contribution is 6.19. The molecule has 0 bridgehead atoms. The van der Waals surface area contributed by atoms with Gasteiger partial charge >= 0.3 is 0 Å². The van der Waals surface area contributed by atoms with E-state index in [4.69, 9.17) is 15.4 Å². The smallest absolute Gasteiger partial charge is 0.275 e. The summed E-state index contributed by atoms with van der Waals surface area (Å²) in [4.78, 5) is 30.2. The lowest BCUT2D eigenvalue weighted by atomic mass is 9.91. The van der Waals surface area contributed by atoms with Gasteiger partial charge in [-0.05, 0) is 43.6 Å². The highest BCUT2D eigenvalue weighted by atomic mass is 16.8. The fraction of sp³-hybridized carbons (Fsp3) is 0.545. The molecule has 2 amide bonds. The molecule has 1 aliphatic rings. The molecule has 1 unspecified atom stereocenters. The molecule has 4 N–H and O–H groups in total. The quantitative estimate of drug-likeness (QED) is 0.241. The van der Waals surface area contributed by atoms with Gasteiger partial charge < -0.3 is 4.74 Å². The molecule has 0 aromatic heterocycles. The second kappa shape index (κ2) is 12.4. The van der Waals surface area contributed by atoms with E-state index >= 15 is 0 Å². The van der Waals surface area contributed by atoms with E-state index in [-0.39, 0.29) is 17.7 Å². The number of allylic oxidation sites excluding steroid dienone is 1. The van der Waals surface area contributed by atoms with E-state index in [0.29, 0.717) is 30.9 Å². The lowest BCUT2D eigenvalue weighted by Crippen LogP contribution is -2.36. The first-order valence-electron chi connectivity index (χ1n) is 10.3. The number of carbonyl (C=O) groups excluding carboxylic acids is 2. The van der Waals surface area contributed by atoms with Crippen LogP contribution in [-0.2, 0) is 19.2 Å². The first-order valence-corrected chi connectivity index (χ1v) is 10.3. The van der Waals surface area contributed by atoms with Crippen LogP contribution in [0, 0.1) is 11.8 Å². The molecule has 160 valence electrons. The number of amides is 2. The molecule has 2 atom stereocenters. The number of benzene rings is 1. The third-order valence-corrected chi connectivity index (χ3v) is 4.88. The number of nitrogens with one attached hydrogen (secondary N) is 2. The zero-order chi connectivity index (χ0) is 21.1. The van der Waals surface area contributed by atoms with Gasteiger partial charge in [-0.15, -0.1) is 0 Å². The summed E-state index contributed by atoms with van der Waals surface area (Å²) < 4.78 is 5.49. The molecule has 1 aromatic carbocycles. The summed E-state index contributed by atoms with van der Waals surface area (Å²) in [6.07, 6.45) is 6.15. The predicted molar refractivity (Wildman–Crippen MR) is 112 cm³/mol. The second-order valence-electron chi connectivity index (χ2n) is 7.74. The van der Waals surface area contributed by atoms with E-state index in [9.17, 15) is 9.59 Å². The number of hydrogen-bond donors (Lipinski definition) is 3. The average Bonchev–Trinajstić information content (AvgIpc) is 2.74. The van der Waals surface area contributed by atoms with E-state index in [0.717, 1.165) is 31.2 Å². The van der Waals surface area contributed by atoms with Crippen molar-refractivity contribution in [2.45, 2.75) is 58.7 Å². The van der Waals surface area contributed by atoms with Crippen molar-refractivity contribution in [3.05, 3.63) is 42.0 Å². The van der Waals surface area contributed by atoms with Gasteiger partial charge in [-0.2, -0.15) is 0 Å². The Morgan fingerprint density at radius 3 is 2.66 bits per heavy atom. The Morgan fingerprint density at radius 1 is 1.28 bits per heavy atom. The molecular formula is C22H33N3O4. The van der Waals surface area contributed by atoms with Crippen LogP contribution in [0.2, 0.25) is 0 Å². The van der Waals surface area contributed by atoms with Gasteiger partial charge in [-0.25, -0.2) is 16.2 Å². The van der Waals surface area contributed by atoms with E-state index in [1.807, 2.05) is 36.4 Å². The lowest BCUT2D eigenvalue weighted by molar-refractivity contribution is -0.198. The van der Waals surface area contributed by atoms with Crippen molar-refractivity contribution in [3.63, 3.8) is 0 Å². The normalized spacial score (nSPS) is 18.3. The monoisotopic (exact) mass is 403 g/mol. The Morgan fingerprint density at radius 2 is 2.03 bits per heavy atom. The van der Waals surface area contributed by atoms with Crippen LogP contribution in [0.25, 0.3) is 5.57 Å². The maximum absolute atomic E-state index is 12.8. The van der Waals surface area contributed by atoms with E-state index < -0.39 is 6.29 Å². The summed E-state index contributed by atoms with van der Waals surface area (Å²) in [5, 5.41) is 0. The van der Waals surface area contributed by atoms with Gasteiger partial charge in [0.2, 0.25) is 5.91 Å². The Balaban J connectivity index is 2.04. The number of hydrazine groups is 1. The van der Waals surface area contributed by atoms with Crippen molar-refractivity contribution in [1.29, 1.82) is 0 Å². The highest BCUT2D eigenvalue weighted by Crippen LogP contribution is 2.21. The Hall–Kier alpha value is -2.22. The molecule has 1 aliphatic heterocycles. The Bertz CT molecular complexity index is 670. The van der Waals surface area contributed by atoms with Crippen molar-refractivity contribution in [2.24, 2.45) is 17.7 Å². The van der Waals surface area contributed by atoms with E-state index in [1.54, 1.807) is 0 Å². The maximum Gasteiger partial charge on any atom is 0.275 e. The molecule has 7 heteroatoms. The standard InChI is InChI=1S/C22H33N3O4/c1-16(2)15-18(21(26)24-23)11-8-12-19(17-9-4-3-5-10-17)22(27)25-29-20-13-6-7-14-28-20/h3-5,9-10,12,16,18,20H,6-8,11,13-15,23H2,1-2H3,(H,24,26)(H,25,27)/t18-,20?/m0/s1. The molecule has 1 saturated heterocycles. The van der Waals surface area contributed by atoms with Gasteiger partial charge in [-0.1, -0.05) is 50.3 Å². The highest BCUT2D eigenvalue weighted by Gasteiger charge is 2.20. The summed E-state index contributed by atoms with van der Waals surface area (Å²) >= 11 is 0. The third kappa shape index (κ3) is 7.97. The van der Waals surface area contributed by atoms with Gasteiger partial charge in [0.25, 0.3) is 5.91 Å². The van der Waals surface area contributed by atoms with Crippen LogP contribution in [0.1, 0.15) is 57.9 Å². The van der Waals surface area contributed by atoms with Gasteiger partial charge in [0, 0.05) is 24.5 Å². The van der Waals surface area contributed by atoms with Crippen molar-refractivity contribution in [2.75, 3.05) is 6.61 Å². The average molecular weight is 404 g/mol. The molecule has 2 rings (SSSR count). The number of carbonyl (C=O) groups is 2. The van der Waals surface area contributed by atoms with Crippen LogP contribution >= 0.6 is 0 Å². The van der Waals surface area contributed by atoms with Gasteiger partial charge in [0.15, 0.2) is 6.29 Å². The van der Waals surface area contributed by atoms with Gasteiger partial charge in [-0.3, -0.25) is 15.0 Å².